The van der Waals surface area contributed by atoms with Crippen LogP contribution in [0.4, 0.5) is 0 Å². The van der Waals surface area contributed by atoms with E-state index in [0.717, 1.165) is 38.3 Å². The summed E-state index contributed by atoms with van der Waals surface area (Å²) in [5.41, 5.74) is 1.23. The first-order valence-electron chi connectivity index (χ1n) is 6.99. The first kappa shape index (κ1) is 15.3. The van der Waals surface area contributed by atoms with Crippen molar-refractivity contribution in [2.24, 2.45) is 0 Å². The molecule has 1 saturated heterocycles. The van der Waals surface area contributed by atoms with Gasteiger partial charge in [-0.05, 0) is 31.2 Å². The van der Waals surface area contributed by atoms with Crippen molar-refractivity contribution in [3.8, 4) is 0 Å². The van der Waals surface area contributed by atoms with Gasteiger partial charge in [0.15, 0.2) is 0 Å². The van der Waals surface area contributed by atoms with Crippen LogP contribution in [0.3, 0.4) is 0 Å². The number of carboxylic acid groups (broad SMARTS) is 1. The lowest BCUT2D eigenvalue weighted by Gasteiger charge is -2.39. The van der Waals surface area contributed by atoms with E-state index in [1.165, 1.54) is 6.07 Å². The van der Waals surface area contributed by atoms with Gasteiger partial charge < -0.3 is 5.11 Å². The predicted octanol–water partition coefficient (Wildman–Crippen LogP) is 2.56. The van der Waals surface area contributed by atoms with Gasteiger partial charge in [-0.1, -0.05) is 24.6 Å². The lowest BCUT2D eigenvalue weighted by atomic mass is 10.1. The Morgan fingerprint density at radius 3 is 2.75 bits per heavy atom. The Morgan fingerprint density at radius 2 is 2.20 bits per heavy atom. The number of aromatic carboxylic acids is 1. The fraction of sp³-hybridized carbons (Fsp3) is 0.533. The Bertz CT molecular complexity index is 493. The van der Waals surface area contributed by atoms with Gasteiger partial charge in [-0.25, -0.2) is 4.79 Å². The predicted molar refractivity (Wildman–Crippen MR) is 80.4 cm³/mol. The molecule has 1 fully saturated rings. The number of piperazine rings is 1. The maximum atomic E-state index is 10.9. The van der Waals surface area contributed by atoms with E-state index >= 15 is 0 Å². The molecule has 1 aliphatic heterocycles. The molecule has 1 aliphatic rings. The van der Waals surface area contributed by atoms with E-state index in [1.807, 2.05) is 6.07 Å². The summed E-state index contributed by atoms with van der Waals surface area (Å²) in [5, 5.41) is 9.48. The van der Waals surface area contributed by atoms with Crippen molar-refractivity contribution in [2.75, 3.05) is 26.2 Å². The zero-order valence-electron chi connectivity index (χ0n) is 12.0. The number of carboxylic acids is 1. The zero-order chi connectivity index (χ0) is 14.7. The average Bonchev–Trinajstić information content (AvgIpc) is 2.41. The fourth-order valence-electron chi connectivity index (χ4n) is 2.73. The first-order chi connectivity index (χ1) is 9.51. The number of halogens is 1. The molecule has 5 heteroatoms. The van der Waals surface area contributed by atoms with Gasteiger partial charge in [0, 0.05) is 37.2 Å². The molecule has 0 radical (unpaired) electrons. The minimum Gasteiger partial charge on any atom is -0.478 e. The number of rotatable bonds is 4. The molecule has 2 rings (SSSR count). The van der Waals surface area contributed by atoms with Crippen molar-refractivity contribution in [3.05, 3.63) is 34.3 Å². The van der Waals surface area contributed by atoms with Crippen LogP contribution in [0.1, 0.15) is 29.8 Å². The lowest BCUT2D eigenvalue weighted by Crippen LogP contribution is -2.51. The van der Waals surface area contributed by atoms with Gasteiger partial charge in [0.25, 0.3) is 0 Å². The van der Waals surface area contributed by atoms with Crippen LogP contribution < -0.4 is 0 Å². The number of carbonyl (C=O) groups is 1. The molecule has 1 N–H and O–H groups in total. The third kappa shape index (κ3) is 3.51. The normalized spacial score (nSPS) is 21.1. The minimum absolute atomic E-state index is 0.239. The summed E-state index contributed by atoms with van der Waals surface area (Å²) in [6, 6.07) is 5.52. The topological polar surface area (TPSA) is 43.8 Å². The van der Waals surface area contributed by atoms with Gasteiger partial charge >= 0.3 is 5.97 Å². The van der Waals surface area contributed by atoms with Crippen LogP contribution in [0.15, 0.2) is 18.2 Å². The molecule has 0 spiro atoms. The molecule has 20 heavy (non-hydrogen) atoms. The van der Waals surface area contributed by atoms with E-state index < -0.39 is 5.97 Å². The van der Waals surface area contributed by atoms with Crippen molar-refractivity contribution < 1.29 is 9.90 Å². The lowest BCUT2D eigenvalue weighted by molar-refractivity contribution is 0.0697. The monoisotopic (exact) mass is 296 g/mol. The van der Waals surface area contributed by atoms with Crippen molar-refractivity contribution in [3.63, 3.8) is 0 Å². The van der Waals surface area contributed by atoms with Crippen LogP contribution in [0.2, 0.25) is 5.02 Å². The maximum absolute atomic E-state index is 10.9. The first-order valence-corrected chi connectivity index (χ1v) is 7.37. The summed E-state index contributed by atoms with van der Waals surface area (Å²) in [7, 11) is 0. The Kier molecular flexibility index (Phi) is 5.02. The van der Waals surface area contributed by atoms with Crippen LogP contribution in [0, 0.1) is 0 Å². The molecule has 1 heterocycles. The Labute approximate surface area is 124 Å². The third-order valence-corrected chi connectivity index (χ3v) is 4.30. The largest absolute Gasteiger partial charge is 0.478 e. The van der Waals surface area contributed by atoms with Crippen molar-refractivity contribution >= 4 is 17.6 Å². The second kappa shape index (κ2) is 6.57. The van der Waals surface area contributed by atoms with E-state index in [1.54, 1.807) is 6.07 Å². The Balaban J connectivity index is 2.02. The number of nitrogens with zero attached hydrogens (tertiary/aromatic N) is 2. The van der Waals surface area contributed by atoms with Gasteiger partial charge in [-0.2, -0.15) is 0 Å². The van der Waals surface area contributed by atoms with Gasteiger partial charge in [0.2, 0.25) is 0 Å². The van der Waals surface area contributed by atoms with Crippen molar-refractivity contribution in [1.82, 2.24) is 9.80 Å². The quantitative estimate of drug-likeness (QED) is 0.927. The Hall–Kier alpha value is -1.10. The average molecular weight is 297 g/mol. The molecule has 0 amide bonds. The molecule has 110 valence electrons. The molecule has 0 saturated carbocycles. The number of hydrogen-bond donors (Lipinski definition) is 1. The summed E-state index contributed by atoms with van der Waals surface area (Å²) in [4.78, 5) is 15.7. The molecule has 4 nitrogen and oxygen atoms in total. The molecule has 0 bridgehead atoms. The summed E-state index contributed by atoms with van der Waals surface area (Å²) < 4.78 is 0. The SMILES string of the molecule is CCN1CCN(Cc2ccc(C(=O)O)cc2Cl)CC1C. The zero-order valence-corrected chi connectivity index (χ0v) is 12.7. The maximum Gasteiger partial charge on any atom is 0.335 e. The highest BCUT2D eigenvalue weighted by molar-refractivity contribution is 6.31. The number of benzene rings is 1. The molecule has 1 atom stereocenters. The highest BCUT2D eigenvalue weighted by atomic mass is 35.5. The van der Waals surface area contributed by atoms with E-state index in [4.69, 9.17) is 16.7 Å². The molecule has 0 aliphatic carbocycles. The number of likely N-dealkylation sites (N-methyl/N-ethyl adjacent to an activating group) is 1. The molecular formula is C15H21ClN2O2. The number of hydrogen-bond acceptors (Lipinski definition) is 3. The van der Waals surface area contributed by atoms with E-state index in [-0.39, 0.29) is 5.56 Å². The summed E-state index contributed by atoms with van der Waals surface area (Å²) in [6.07, 6.45) is 0. The molecule has 1 aromatic carbocycles. The molecular weight excluding hydrogens is 276 g/mol. The van der Waals surface area contributed by atoms with E-state index in [9.17, 15) is 4.79 Å². The molecule has 0 aromatic heterocycles. The summed E-state index contributed by atoms with van der Waals surface area (Å²) >= 11 is 6.18. The van der Waals surface area contributed by atoms with E-state index in [0.29, 0.717) is 11.1 Å². The van der Waals surface area contributed by atoms with E-state index in [2.05, 4.69) is 23.6 Å². The fourth-order valence-corrected chi connectivity index (χ4v) is 2.97. The molecule has 1 aromatic rings. The standard InChI is InChI=1S/C15H21ClN2O2/c1-3-18-7-6-17(9-11(18)2)10-13-5-4-12(15(19)20)8-14(13)16/h4-5,8,11H,3,6-7,9-10H2,1-2H3,(H,19,20). The van der Waals surface area contributed by atoms with Gasteiger partial charge in [-0.15, -0.1) is 0 Å². The third-order valence-electron chi connectivity index (χ3n) is 3.95. The van der Waals surface area contributed by atoms with Crippen molar-refractivity contribution in [2.45, 2.75) is 26.4 Å². The summed E-state index contributed by atoms with van der Waals surface area (Å²) in [6.45, 7) is 9.41. The van der Waals surface area contributed by atoms with Gasteiger partial charge in [-0.3, -0.25) is 9.80 Å². The highest BCUT2D eigenvalue weighted by Gasteiger charge is 2.22. The molecule has 1 unspecified atom stereocenters. The van der Waals surface area contributed by atoms with Crippen LogP contribution >= 0.6 is 11.6 Å². The smallest absolute Gasteiger partial charge is 0.335 e. The van der Waals surface area contributed by atoms with Crippen LogP contribution in [0.25, 0.3) is 0 Å². The van der Waals surface area contributed by atoms with Crippen LogP contribution in [0.5, 0.6) is 0 Å². The van der Waals surface area contributed by atoms with Crippen LogP contribution in [-0.2, 0) is 6.54 Å². The van der Waals surface area contributed by atoms with Crippen molar-refractivity contribution in [1.29, 1.82) is 0 Å². The minimum atomic E-state index is -0.941. The summed E-state index contributed by atoms with van der Waals surface area (Å²) in [5.74, 6) is -0.941. The van der Waals surface area contributed by atoms with Gasteiger partial charge in [0.1, 0.15) is 0 Å². The highest BCUT2D eigenvalue weighted by Crippen LogP contribution is 2.21. The second-order valence-corrected chi connectivity index (χ2v) is 5.73. The van der Waals surface area contributed by atoms with Gasteiger partial charge in [0.05, 0.1) is 5.56 Å². The second-order valence-electron chi connectivity index (χ2n) is 5.32. The van der Waals surface area contributed by atoms with Crippen LogP contribution in [-0.4, -0.2) is 53.1 Å². The Morgan fingerprint density at radius 1 is 1.45 bits per heavy atom.